The molecule has 6 nitrogen and oxygen atoms in total. The fourth-order valence-corrected chi connectivity index (χ4v) is 2.35. The molecular formula is C19H27NO5. The van der Waals surface area contributed by atoms with Gasteiger partial charge in [-0.3, -0.25) is 14.4 Å². The summed E-state index contributed by atoms with van der Waals surface area (Å²) >= 11 is 0. The van der Waals surface area contributed by atoms with Crippen LogP contribution in [0.1, 0.15) is 41.6 Å². The van der Waals surface area contributed by atoms with E-state index in [9.17, 15) is 14.4 Å². The van der Waals surface area contributed by atoms with E-state index in [0.717, 1.165) is 5.56 Å². The van der Waals surface area contributed by atoms with Gasteiger partial charge in [-0.15, -0.1) is 0 Å². The van der Waals surface area contributed by atoms with Crippen molar-refractivity contribution >= 4 is 17.7 Å². The number of ketones is 1. The van der Waals surface area contributed by atoms with E-state index in [1.54, 1.807) is 24.1 Å². The van der Waals surface area contributed by atoms with Crippen LogP contribution in [0.4, 0.5) is 0 Å². The number of carbonyl (C=O) groups excluding carboxylic acids is 3. The molecule has 1 rings (SSSR count). The summed E-state index contributed by atoms with van der Waals surface area (Å²) in [5.74, 6) is -0.557. The van der Waals surface area contributed by atoms with Crippen molar-refractivity contribution in [3.05, 3.63) is 35.4 Å². The summed E-state index contributed by atoms with van der Waals surface area (Å²) in [6.45, 7) is 3.26. The van der Waals surface area contributed by atoms with E-state index < -0.39 is 0 Å². The van der Waals surface area contributed by atoms with Crippen molar-refractivity contribution in [3.8, 4) is 0 Å². The number of hydrogen-bond donors (Lipinski definition) is 0. The van der Waals surface area contributed by atoms with Crippen molar-refractivity contribution < 1.29 is 23.9 Å². The molecule has 0 atom stereocenters. The Morgan fingerprint density at radius 1 is 0.960 bits per heavy atom. The van der Waals surface area contributed by atoms with E-state index >= 15 is 0 Å². The lowest BCUT2D eigenvalue weighted by atomic mass is 10.0. The van der Waals surface area contributed by atoms with Crippen molar-refractivity contribution in [2.45, 2.75) is 32.6 Å². The number of Topliss-reactive ketones (excluding diaryl/α,β-unsaturated/α-hetero) is 1. The maximum Gasteiger partial charge on any atom is 0.307 e. The van der Waals surface area contributed by atoms with Gasteiger partial charge >= 0.3 is 5.97 Å². The minimum atomic E-state index is -0.361. The SMILES string of the molecule is COCCCN(CCC(=O)OC)C(=O)CCC(=O)c1ccc(C)cc1. The molecule has 138 valence electrons. The van der Waals surface area contributed by atoms with Crippen molar-refractivity contribution in [1.29, 1.82) is 0 Å². The Bertz CT molecular complexity index is 568. The standard InChI is InChI=1S/C19H27NO5/c1-15-5-7-16(8-6-15)17(21)9-10-18(22)20(12-4-14-24-2)13-11-19(23)25-3/h5-8H,4,9-14H2,1-3H3. The van der Waals surface area contributed by atoms with Crippen LogP contribution in [0.15, 0.2) is 24.3 Å². The first-order valence-electron chi connectivity index (χ1n) is 8.41. The molecule has 0 bridgehead atoms. The molecule has 0 saturated heterocycles. The van der Waals surface area contributed by atoms with Crippen LogP contribution in [-0.2, 0) is 19.1 Å². The van der Waals surface area contributed by atoms with Crippen molar-refractivity contribution in [1.82, 2.24) is 4.90 Å². The average molecular weight is 349 g/mol. The van der Waals surface area contributed by atoms with Gasteiger partial charge in [-0.05, 0) is 13.3 Å². The molecule has 0 saturated carbocycles. The van der Waals surface area contributed by atoms with Gasteiger partial charge in [0.25, 0.3) is 0 Å². The summed E-state index contributed by atoms with van der Waals surface area (Å²) in [5, 5.41) is 0. The zero-order valence-electron chi connectivity index (χ0n) is 15.2. The minimum absolute atomic E-state index is 0.0573. The first kappa shape index (κ1) is 20.8. The Kier molecular flexibility index (Phi) is 9.47. The predicted octanol–water partition coefficient (Wildman–Crippen LogP) is 2.39. The third kappa shape index (κ3) is 7.94. The summed E-state index contributed by atoms with van der Waals surface area (Å²) in [5.41, 5.74) is 1.69. The van der Waals surface area contributed by atoms with Gasteiger partial charge in [0.15, 0.2) is 5.78 Å². The molecule has 0 fully saturated rings. The van der Waals surface area contributed by atoms with Crippen molar-refractivity contribution in [2.24, 2.45) is 0 Å². The van der Waals surface area contributed by atoms with Crippen LogP contribution in [-0.4, -0.2) is 56.5 Å². The zero-order valence-corrected chi connectivity index (χ0v) is 15.2. The number of ether oxygens (including phenoxy) is 2. The van der Waals surface area contributed by atoms with Crippen LogP contribution in [0, 0.1) is 6.92 Å². The van der Waals surface area contributed by atoms with E-state index in [1.165, 1.54) is 7.11 Å². The van der Waals surface area contributed by atoms with Crippen molar-refractivity contribution in [2.75, 3.05) is 33.9 Å². The number of hydrogen-bond acceptors (Lipinski definition) is 5. The third-order valence-electron chi connectivity index (χ3n) is 3.88. The fourth-order valence-electron chi connectivity index (χ4n) is 2.35. The molecule has 0 aromatic heterocycles. The van der Waals surface area contributed by atoms with E-state index in [0.29, 0.717) is 25.1 Å². The van der Waals surface area contributed by atoms with Gasteiger partial charge < -0.3 is 14.4 Å². The molecule has 0 unspecified atom stereocenters. The summed E-state index contributed by atoms with van der Waals surface area (Å²) < 4.78 is 9.62. The summed E-state index contributed by atoms with van der Waals surface area (Å²) in [7, 11) is 2.92. The van der Waals surface area contributed by atoms with Gasteiger partial charge in [0.2, 0.25) is 5.91 Å². The lowest BCUT2D eigenvalue weighted by molar-refractivity contribution is -0.141. The molecule has 1 aromatic carbocycles. The number of nitrogens with zero attached hydrogens (tertiary/aromatic N) is 1. The van der Waals surface area contributed by atoms with Crippen LogP contribution in [0.2, 0.25) is 0 Å². The molecule has 0 radical (unpaired) electrons. The van der Waals surface area contributed by atoms with E-state index in [4.69, 9.17) is 4.74 Å². The molecule has 1 amide bonds. The Morgan fingerprint density at radius 2 is 1.64 bits per heavy atom. The first-order chi connectivity index (χ1) is 12.0. The topological polar surface area (TPSA) is 72.9 Å². The highest BCUT2D eigenvalue weighted by Crippen LogP contribution is 2.09. The smallest absolute Gasteiger partial charge is 0.307 e. The summed E-state index contributed by atoms with van der Waals surface area (Å²) in [6.07, 6.45) is 1.10. The monoisotopic (exact) mass is 349 g/mol. The lowest BCUT2D eigenvalue weighted by Crippen LogP contribution is -2.34. The van der Waals surface area contributed by atoms with Gasteiger partial charge in [0, 0.05) is 45.2 Å². The Hall–Kier alpha value is -2.21. The predicted molar refractivity (Wildman–Crippen MR) is 94.4 cm³/mol. The zero-order chi connectivity index (χ0) is 18.7. The highest BCUT2D eigenvalue weighted by molar-refractivity contribution is 5.98. The second-order valence-corrected chi connectivity index (χ2v) is 5.84. The summed E-state index contributed by atoms with van der Waals surface area (Å²) in [6, 6.07) is 7.30. The molecule has 0 aliphatic heterocycles. The largest absolute Gasteiger partial charge is 0.469 e. The number of carbonyl (C=O) groups is 3. The number of aryl methyl sites for hydroxylation is 1. The van der Waals surface area contributed by atoms with Gasteiger partial charge in [-0.1, -0.05) is 29.8 Å². The maximum atomic E-state index is 12.4. The van der Waals surface area contributed by atoms with Gasteiger partial charge in [-0.2, -0.15) is 0 Å². The van der Waals surface area contributed by atoms with E-state index in [-0.39, 0.29) is 43.5 Å². The fraction of sp³-hybridized carbons (Fsp3) is 0.526. The molecule has 0 heterocycles. The van der Waals surface area contributed by atoms with E-state index in [2.05, 4.69) is 4.74 Å². The Balaban J connectivity index is 2.55. The van der Waals surface area contributed by atoms with Gasteiger partial charge in [0.1, 0.15) is 0 Å². The Labute approximate surface area is 149 Å². The number of rotatable bonds is 11. The van der Waals surface area contributed by atoms with Crippen LogP contribution in [0.3, 0.4) is 0 Å². The quantitative estimate of drug-likeness (QED) is 0.348. The average Bonchev–Trinajstić information content (AvgIpc) is 2.62. The van der Waals surface area contributed by atoms with Crippen molar-refractivity contribution in [3.63, 3.8) is 0 Å². The number of benzene rings is 1. The minimum Gasteiger partial charge on any atom is -0.469 e. The molecule has 6 heteroatoms. The highest BCUT2D eigenvalue weighted by Gasteiger charge is 2.17. The molecule has 0 spiro atoms. The lowest BCUT2D eigenvalue weighted by Gasteiger charge is -2.22. The second-order valence-electron chi connectivity index (χ2n) is 5.84. The van der Waals surface area contributed by atoms with Crippen LogP contribution < -0.4 is 0 Å². The molecule has 0 N–H and O–H groups in total. The van der Waals surface area contributed by atoms with E-state index in [1.807, 2.05) is 19.1 Å². The number of amides is 1. The van der Waals surface area contributed by atoms with Gasteiger partial charge in [0.05, 0.1) is 13.5 Å². The first-order valence-corrected chi connectivity index (χ1v) is 8.41. The molecule has 1 aromatic rings. The summed E-state index contributed by atoms with van der Waals surface area (Å²) in [4.78, 5) is 37.5. The van der Waals surface area contributed by atoms with Crippen LogP contribution in [0.25, 0.3) is 0 Å². The van der Waals surface area contributed by atoms with Crippen LogP contribution in [0.5, 0.6) is 0 Å². The molecule has 0 aliphatic rings. The number of esters is 1. The Morgan fingerprint density at radius 3 is 2.24 bits per heavy atom. The molecular weight excluding hydrogens is 322 g/mol. The molecule has 0 aliphatic carbocycles. The third-order valence-corrected chi connectivity index (χ3v) is 3.88. The second kappa shape index (κ2) is 11.4. The number of methoxy groups -OCH3 is 2. The van der Waals surface area contributed by atoms with Gasteiger partial charge in [-0.25, -0.2) is 0 Å². The highest BCUT2D eigenvalue weighted by atomic mass is 16.5. The maximum absolute atomic E-state index is 12.4. The van der Waals surface area contributed by atoms with Crippen LogP contribution >= 0.6 is 0 Å². The molecule has 25 heavy (non-hydrogen) atoms. The normalized spacial score (nSPS) is 10.4.